The maximum Gasteiger partial charge on any atom is 0.0923 e. The van der Waals surface area contributed by atoms with Gasteiger partial charge in [-0.05, 0) is 12.8 Å². The lowest BCUT2D eigenvalue weighted by Gasteiger charge is -2.01. The van der Waals surface area contributed by atoms with E-state index >= 15 is 0 Å². The van der Waals surface area contributed by atoms with E-state index in [9.17, 15) is 0 Å². The Morgan fingerprint density at radius 1 is 1.45 bits per heavy atom. The lowest BCUT2D eigenvalue weighted by atomic mass is 10.1. The van der Waals surface area contributed by atoms with Gasteiger partial charge >= 0.3 is 0 Å². The summed E-state index contributed by atoms with van der Waals surface area (Å²) in [4.78, 5) is 3.79. The molecule has 11 heavy (non-hydrogen) atoms. The first kappa shape index (κ1) is 7.54. The zero-order valence-electron chi connectivity index (χ0n) is 6.25. The van der Waals surface area contributed by atoms with E-state index in [-0.39, 0.29) is 0 Å². The van der Waals surface area contributed by atoms with Gasteiger partial charge < -0.3 is 5.73 Å². The van der Waals surface area contributed by atoms with Crippen LogP contribution in [0.2, 0.25) is 0 Å². The maximum atomic E-state index is 5.63. The normalized spacial score (nSPS) is 9.09. The average Bonchev–Trinajstić information content (AvgIpc) is 2.04. The molecule has 0 saturated heterocycles. The van der Waals surface area contributed by atoms with Gasteiger partial charge in [0.15, 0.2) is 0 Å². The van der Waals surface area contributed by atoms with Gasteiger partial charge in [0.2, 0.25) is 0 Å². The summed E-state index contributed by atoms with van der Waals surface area (Å²) < 4.78 is 0. The van der Waals surface area contributed by atoms with E-state index in [1.165, 1.54) is 0 Å². The molecule has 1 rings (SSSR count). The fourth-order valence-electron chi connectivity index (χ4n) is 0.927. The topological polar surface area (TPSA) is 38.4 Å². The van der Waals surface area contributed by atoms with Crippen LogP contribution in [0.25, 0.3) is 6.08 Å². The number of aliphatic imine (C=N–C) groups is 1. The lowest BCUT2D eigenvalue weighted by Crippen LogP contribution is -1.86. The molecule has 0 saturated carbocycles. The van der Waals surface area contributed by atoms with Crippen LogP contribution in [0.4, 0.5) is 11.4 Å². The molecule has 0 fully saturated rings. The Morgan fingerprint density at radius 3 is 2.64 bits per heavy atom. The maximum absolute atomic E-state index is 5.63. The zero-order valence-corrected chi connectivity index (χ0v) is 6.25. The van der Waals surface area contributed by atoms with Crippen LogP contribution in [-0.4, -0.2) is 6.72 Å². The first-order chi connectivity index (χ1) is 5.29. The molecular weight excluding hydrogens is 136 g/mol. The van der Waals surface area contributed by atoms with Gasteiger partial charge in [-0.25, -0.2) is 0 Å². The summed E-state index contributed by atoms with van der Waals surface area (Å²) in [6.45, 7) is 7.06. The third-order valence-electron chi connectivity index (χ3n) is 1.48. The molecule has 1 aromatic rings. The Labute approximate surface area is 66.1 Å². The number of benzene rings is 1. The quantitative estimate of drug-likeness (QED) is 0.504. The highest BCUT2D eigenvalue weighted by molar-refractivity contribution is 5.76. The third-order valence-corrected chi connectivity index (χ3v) is 1.48. The molecule has 56 valence electrons. The van der Waals surface area contributed by atoms with Gasteiger partial charge in [-0.15, -0.1) is 0 Å². The van der Waals surface area contributed by atoms with Gasteiger partial charge in [0.05, 0.1) is 11.4 Å². The van der Waals surface area contributed by atoms with Gasteiger partial charge in [0, 0.05) is 5.56 Å². The molecule has 0 aromatic heterocycles. The Hall–Kier alpha value is -1.57. The molecule has 0 bridgehead atoms. The number of para-hydroxylation sites is 1. The molecule has 2 N–H and O–H groups in total. The number of rotatable bonds is 2. The Morgan fingerprint density at radius 2 is 2.18 bits per heavy atom. The van der Waals surface area contributed by atoms with Crippen molar-refractivity contribution in [1.29, 1.82) is 0 Å². The predicted octanol–water partition coefficient (Wildman–Crippen LogP) is 2.24. The van der Waals surface area contributed by atoms with Crippen LogP contribution < -0.4 is 5.73 Å². The Bertz CT molecular complexity index is 290. The summed E-state index contributed by atoms with van der Waals surface area (Å²) in [6.07, 6.45) is 1.71. The summed E-state index contributed by atoms with van der Waals surface area (Å²) in [5, 5.41) is 0. The molecule has 0 aliphatic rings. The van der Waals surface area contributed by atoms with Crippen LogP contribution in [0, 0.1) is 0 Å². The highest BCUT2D eigenvalue weighted by atomic mass is 14.7. The first-order valence-corrected chi connectivity index (χ1v) is 3.27. The Balaban J connectivity index is 3.35. The van der Waals surface area contributed by atoms with Crippen LogP contribution in [0.1, 0.15) is 5.56 Å². The van der Waals surface area contributed by atoms with Crippen LogP contribution in [0.3, 0.4) is 0 Å². The summed E-state index contributed by atoms with van der Waals surface area (Å²) >= 11 is 0. The van der Waals surface area contributed by atoms with Crippen molar-refractivity contribution in [3.63, 3.8) is 0 Å². The molecule has 2 nitrogen and oxygen atoms in total. The summed E-state index contributed by atoms with van der Waals surface area (Å²) in [5.41, 5.74) is 7.89. The summed E-state index contributed by atoms with van der Waals surface area (Å²) in [7, 11) is 0. The number of anilines is 1. The van der Waals surface area contributed by atoms with Crippen molar-refractivity contribution in [1.82, 2.24) is 0 Å². The van der Waals surface area contributed by atoms with Gasteiger partial charge in [0.25, 0.3) is 0 Å². The minimum atomic E-state index is 0.636. The molecule has 0 amide bonds. The molecule has 0 atom stereocenters. The van der Waals surface area contributed by atoms with Crippen molar-refractivity contribution in [3.05, 3.63) is 30.3 Å². The van der Waals surface area contributed by atoms with Gasteiger partial charge in [-0.2, -0.15) is 0 Å². The standard InChI is InChI=1S/C9H10N2/c1-3-7-5-4-6-8(10)9(7)11-2/h3-6H,1-2,10H2. The first-order valence-electron chi connectivity index (χ1n) is 3.27. The number of nitrogens with two attached hydrogens (primary N) is 1. The monoisotopic (exact) mass is 146 g/mol. The van der Waals surface area contributed by atoms with E-state index in [1.807, 2.05) is 12.1 Å². The van der Waals surface area contributed by atoms with Crippen LogP contribution in [0.15, 0.2) is 29.8 Å². The molecule has 0 spiro atoms. The number of hydrogen-bond donors (Lipinski definition) is 1. The summed E-state index contributed by atoms with van der Waals surface area (Å²) in [6, 6.07) is 5.55. The second-order valence-electron chi connectivity index (χ2n) is 2.15. The smallest absolute Gasteiger partial charge is 0.0923 e. The fraction of sp³-hybridized carbons (Fsp3) is 0. The van der Waals surface area contributed by atoms with E-state index in [0.29, 0.717) is 11.4 Å². The molecule has 0 unspecified atom stereocenters. The minimum Gasteiger partial charge on any atom is -0.397 e. The molecule has 0 heterocycles. The summed E-state index contributed by atoms with van der Waals surface area (Å²) in [5.74, 6) is 0. The van der Waals surface area contributed by atoms with Gasteiger partial charge in [0.1, 0.15) is 0 Å². The highest BCUT2D eigenvalue weighted by Gasteiger charge is 1.98. The van der Waals surface area contributed by atoms with Crippen molar-refractivity contribution in [3.8, 4) is 0 Å². The number of hydrogen-bond acceptors (Lipinski definition) is 2. The van der Waals surface area contributed by atoms with E-state index < -0.39 is 0 Å². The Kier molecular flexibility index (Phi) is 2.06. The molecule has 0 aliphatic carbocycles. The molecule has 0 radical (unpaired) electrons. The third kappa shape index (κ3) is 1.29. The van der Waals surface area contributed by atoms with E-state index in [1.54, 1.807) is 12.1 Å². The van der Waals surface area contributed by atoms with Crippen molar-refractivity contribution in [2.75, 3.05) is 5.73 Å². The van der Waals surface area contributed by atoms with Crippen molar-refractivity contribution in [2.45, 2.75) is 0 Å². The highest BCUT2D eigenvalue weighted by Crippen LogP contribution is 2.26. The lowest BCUT2D eigenvalue weighted by molar-refractivity contribution is 1.52. The van der Waals surface area contributed by atoms with Crippen molar-refractivity contribution in [2.24, 2.45) is 4.99 Å². The van der Waals surface area contributed by atoms with Crippen LogP contribution in [-0.2, 0) is 0 Å². The SMILES string of the molecule is C=Cc1cccc(N)c1N=C. The molecule has 2 heteroatoms. The van der Waals surface area contributed by atoms with Crippen molar-refractivity contribution >= 4 is 24.2 Å². The minimum absolute atomic E-state index is 0.636. The second kappa shape index (κ2) is 3.01. The van der Waals surface area contributed by atoms with E-state index in [0.717, 1.165) is 5.56 Å². The van der Waals surface area contributed by atoms with Crippen LogP contribution in [0.5, 0.6) is 0 Å². The fourth-order valence-corrected chi connectivity index (χ4v) is 0.927. The second-order valence-corrected chi connectivity index (χ2v) is 2.15. The van der Waals surface area contributed by atoms with Crippen LogP contribution >= 0.6 is 0 Å². The molecule has 1 aromatic carbocycles. The van der Waals surface area contributed by atoms with E-state index in [4.69, 9.17) is 5.73 Å². The predicted molar refractivity (Wildman–Crippen MR) is 50.2 cm³/mol. The molecule has 0 aliphatic heterocycles. The van der Waals surface area contributed by atoms with Gasteiger partial charge in [-0.3, -0.25) is 4.99 Å². The van der Waals surface area contributed by atoms with E-state index in [2.05, 4.69) is 18.3 Å². The number of nitrogen functional groups attached to an aromatic ring is 1. The van der Waals surface area contributed by atoms with Gasteiger partial charge in [-0.1, -0.05) is 24.8 Å². The zero-order chi connectivity index (χ0) is 8.27. The number of nitrogens with zero attached hydrogens (tertiary/aromatic N) is 1. The van der Waals surface area contributed by atoms with Crippen molar-refractivity contribution < 1.29 is 0 Å². The molecular formula is C9H10N2. The average molecular weight is 146 g/mol. The largest absolute Gasteiger partial charge is 0.397 e.